The van der Waals surface area contributed by atoms with E-state index in [0.717, 1.165) is 25.3 Å². The first-order valence-corrected chi connectivity index (χ1v) is 7.31. The predicted octanol–water partition coefficient (Wildman–Crippen LogP) is 3.44. The van der Waals surface area contributed by atoms with E-state index in [4.69, 9.17) is 4.74 Å². The van der Waals surface area contributed by atoms with E-state index in [2.05, 4.69) is 12.2 Å². The second-order valence-corrected chi connectivity index (χ2v) is 6.12. The molecule has 1 N–H and O–H groups in total. The average Bonchev–Trinajstić information content (AvgIpc) is 2.43. The zero-order valence-electron chi connectivity index (χ0n) is 11.5. The second-order valence-electron chi connectivity index (χ2n) is 6.12. The lowest BCUT2D eigenvalue weighted by Crippen LogP contribution is -2.52. The number of halogens is 1. The minimum Gasteiger partial charge on any atom is -0.364 e. The van der Waals surface area contributed by atoms with Crippen LogP contribution in [0.2, 0.25) is 0 Å². The monoisotopic (exact) mass is 263 g/mol. The maximum absolute atomic E-state index is 13.9. The van der Waals surface area contributed by atoms with Gasteiger partial charge in [-0.3, -0.25) is 0 Å². The summed E-state index contributed by atoms with van der Waals surface area (Å²) in [5.41, 5.74) is 0.616. The molecule has 0 aromatic heterocycles. The molecule has 1 aliphatic heterocycles. The number of hydrogen-bond acceptors (Lipinski definition) is 2. The van der Waals surface area contributed by atoms with E-state index < -0.39 is 0 Å². The fourth-order valence-corrected chi connectivity index (χ4v) is 3.31. The Kier molecular flexibility index (Phi) is 3.59. The topological polar surface area (TPSA) is 21.3 Å². The van der Waals surface area contributed by atoms with Gasteiger partial charge in [-0.2, -0.15) is 0 Å². The SMILES string of the molecule is CC1CCC2(CC1)CNCC(c1ccccc1F)O2. The summed E-state index contributed by atoms with van der Waals surface area (Å²) in [6, 6.07) is 6.97. The Labute approximate surface area is 114 Å². The highest BCUT2D eigenvalue weighted by molar-refractivity contribution is 5.21. The van der Waals surface area contributed by atoms with E-state index in [1.165, 1.54) is 18.9 Å². The Morgan fingerprint density at radius 3 is 2.74 bits per heavy atom. The summed E-state index contributed by atoms with van der Waals surface area (Å²) in [6.45, 7) is 3.92. The van der Waals surface area contributed by atoms with Gasteiger partial charge in [0.1, 0.15) is 5.82 Å². The third kappa shape index (κ3) is 2.67. The number of ether oxygens (including phenoxy) is 1. The average molecular weight is 263 g/mol. The largest absolute Gasteiger partial charge is 0.364 e. The molecule has 0 radical (unpaired) electrons. The molecule has 2 aliphatic rings. The Bertz CT molecular complexity index is 440. The molecule has 1 atom stereocenters. The van der Waals surface area contributed by atoms with Gasteiger partial charge >= 0.3 is 0 Å². The molecule has 1 aromatic carbocycles. The predicted molar refractivity (Wildman–Crippen MR) is 73.5 cm³/mol. The molecular formula is C16H22FNO. The van der Waals surface area contributed by atoms with Crippen LogP contribution in [0.4, 0.5) is 4.39 Å². The Hall–Kier alpha value is -0.930. The molecule has 2 fully saturated rings. The molecule has 1 spiro atoms. The van der Waals surface area contributed by atoms with E-state index in [0.29, 0.717) is 12.1 Å². The van der Waals surface area contributed by atoms with Crippen LogP contribution < -0.4 is 5.32 Å². The number of morpholine rings is 1. The first-order valence-electron chi connectivity index (χ1n) is 7.31. The van der Waals surface area contributed by atoms with Gasteiger partial charge in [0.2, 0.25) is 0 Å². The van der Waals surface area contributed by atoms with Crippen molar-refractivity contribution in [2.45, 2.75) is 44.3 Å². The smallest absolute Gasteiger partial charge is 0.129 e. The third-order valence-electron chi connectivity index (χ3n) is 4.61. The molecule has 0 bridgehead atoms. The highest BCUT2D eigenvalue weighted by atomic mass is 19.1. The van der Waals surface area contributed by atoms with Gasteiger partial charge in [-0.05, 0) is 37.7 Å². The van der Waals surface area contributed by atoms with Crippen molar-refractivity contribution >= 4 is 0 Å². The molecule has 1 unspecified atom stereocenters. The molecule has 3 heteroatoms. The van der Waals surface area contributed by atoms with Crippen LogP contribution in [0, 0.1) is 11.7 Å². The van der Waals surface area contributed by atoms with Crippen LogP contribution in [0.25, 0.3) is 0 Å². The maximum atomic E-state index is 13.9. The van der Waals surface area contributed by atoms with Crippen molar-refractivity contribution in [2.75, 3.05) is 13.1 Å². The van der Waals surface area contributed by atoms with Crippen LogP contribution in [-0.2, 0) is 4.74 Å². The molecule has 1 heterocycles. The van der Waals surface area contributed by atoms with Gasteiger partial charge in [0.25, 0.3) is 0 Å². The summed E-state index contributed by atoms with van der Waals surface area (Å²) in [7, 11) is 0. The molecule has 1 saturated carbocycles. The lowest BCUT2D eigenvalue weighted by molar-refractivity contribution is -0.141. The van der Waals surface area contributed by atoms with Crippen molar-refractivity contribution in [1.29, 1.82) is 0 Å². The van der Waals surface area contributed by atoms with Gasteiger partial charge in [0.15, 0.2) is 0 Å². The Morgan fingerprint density at radius 2 is 2.00 bits per heavy atom. The first-order chi connectivity index (χ1) is 9.19. The summed E-state index contributed by atoms with van der Waals surface area (Å²) in [5, 5.41) is 3.44. The molecule has 2 nitrogen and oxygen atoms in total. The van der Waals surface area contributed by atoms with Crippen LogP contribution in [0.1, 0.15) is 44.3 Å². The minimum atomic E-state index is -0.157. The Morgan fingerprint density at radius 1 is 1.26 bits per heavy atom. The van der Waals surface area contributed by atoms with Crippen LogP contribution in [0.3, 0.4) is 0 Å². The van der Waals surface area contributed by atoms with Gasteiger partial charge in [-0.25, -0.2) is 4.39 Å². The second kappa shape index (κ2) is 5.22. The van der Waals surface area contributed by atoms with Gasteiger partial charge in [-0.1, -0.05) is 25.1 Å². The molecule has 0 amide bonds. The van der Waals surface area contributed by atoms with Gasteiger partial charge < -0.3 is 10.1 Å². The van der Waals surface area contributed by atoms with Crippen molar-refractivity contribution in [3.63, 3.8) is 0 Å². The van der Waals surface area contributed by atoms with Crippen LogP contribution in [0.5, 0.6) is 0 Å². The Balaban J connectivity index is 1.77. The third-order valence-corrected chi connectivity index (χ3v) is 4.61. The maximum Gasteiger partial charge on any atom is 0.129 e. The van der Waals surface area contributed by atoms with E-state index >= 15 is 0 Å². The van der Waals surface area contributed by atoms with Crippen molar-refractivity contribution < 1.29 is 9.13 Å². The summed E-state index contributed by atoms with van der Waals surface area (Å²) in [4.78, 5) is 0. The zero-order valence-corrected chi connectivity index (χ0v) is 11.5. The number of hydrogen-bond donors (Lipinski definition) is 1. The quantitative estimate of drug-likeness (QED) is 0.838. The summed E-state index contributed by atoms with van der Waals surface area (Å²) < 4.78 is 20.2. The number of nitrogens with one attached hydrogen (secondary N) is 1. The lowest BCUT2D eigenvalue weighted by atomic mass is 9.78. The fourth-order valence-electron chi connectivity index (χ4n) is 3.31. The van der Waals surface area contributed by atoms with Crippen LogP contribution in [0.15, 0.2) is 24.3 Å². The fraction of sp³-hybridized carbons (Fsp3) is 0.625. The van der Waals surface area contributed by atoms with Crippen molar-refractivity contribution in [3.8, 4) is 0 Å². The molecule has 3 rings (SSSR count). The van der Waals surface area contributed by atoms with Crippen molar-refractivity contribution in [1.82, 2.24) is 5.32 Å². The molecule has 104 valence electrons. The van der Waals surface area contributed by atoms with Gasteiger partial charge in [0, 0.05) is 18.7 Å². The standard InChI is InChI=1S/C16H22FNO/c1-12-6-8-16(9-7-12)11-18-10-15(19-16)13-4-2-3-5-14(13)17/h2-5,12,15,18H,6-11H2,1H3. The molecular weight excluding hydrogens is 241 g/mol. The van der Waals surface area contributed by atoms with Crippen molar-refractivity contribution in [3.05, 3.63) is 35.6 Å². The first kappa shape index (κ1) is 13.1. The normalized spacial score (nSPS) is 35.5. The summed E-state index contributed by atoms with van der Waals surface area (Å²) >= 11 is 0. The molecule has 1 saturated heterocycles. The zero-order chi connectivity index (χ0) is 13.3. The molecule has 1 aromatic rings. The number of benzene rings is 1. The van der Waals surface area contributed by atoms with Crippen LogP contribution >= 0.6 is 0 Å². The number of rotatable bonds is 1. The highest BCUT2D eigenvalue weighted by Gasteiger charge is 2.40. The molecule has 19 heavy (non-hydrogen) atoms. The van der Waals surface area contributed by atoms with Gasteiger partial charge in [-0.15, -0.1) is 0 Å². The van der Waals surface area contributed by atoms with Crippen molar-refractivity contribution in [2.24, 2.45) is 5.92 Å². The van der Waals surface area contributed by atoms with Crippen LogP contribution in [-0.4, -0.2) is 18.7 Å². The lowest BCUT2D eigenvalue weighted by Gasteiger charge is -2.45. The van der Waals surface area contributed by atoms with E-state index in [9.17, 15) is 4.39 Å². The minimum absolute atomic E-state index is 0.0717. The summed E-state index contributed by atoms with van der Waals surface area (Å²) in [5.74, 6) is 0.638. The molecule has 1 aliphatic carbocycles. The summed E-state index contributed by atoms with van der Waals surface area (Å²) in [6.07, 6.45) is 4.46. The van der Waals surface area contributed by atoms with E-state index in [1.54, 1.807) is 6.07 Å². The van der Waals surface area contributed by atoms with Gasteiger partial charge in [0.05, 0.1) is 11.7 Å². The van der Waals surface area contributed by atoms with E-state index in [1.807, 2.05) is 12.1 Å². The highest BCUT2D eigenvalue weighted by Crippen LogP contribution is 2.40. The van der Waals surface area contributed by atoms with E-state index in [-0.39, 0.29) is 17.5 Å².